The van der Waals surface area contributed by atoms with Gasteiger partial charge in [0.25, 0.3) is 0 Å². The molecule has 0 atom stereocenters. The first-order valence-corrected chi connectivity index (χ1v) is 5.96. The van der Waals surface area contributed by atoms with Gasteiger partial charge in [-0.25, -0.2) is 0 Å². The molecule has 0 spiro atoms. The van der Waals surface area contributed by atoms with Gasteiger partial charge in [0.05, 0.1) is 0 Å². The molecule has 0 aliphatic rings. The first-order valence-electron chi connectivity index (χ1n) is 5.58. The molecule has 0 heterocycles. The van der Waals surface area contributed by atoms with E-state index in [2.05, 4.69) is 10.6 Å². The number of carbonyl (C=O) groups excluding carboxylic acids is 1. The second-order valence-electron chi connectivity index (χ2n) is 3.65. The standard InChI is InChI=1S/C12H17ClN2O2/c1-2-15-12(17)5-6-14-8-9-7-10(13)3-4-11(9)16/h3-4,7,14,16H,2,5-6,8H2,1H3,(H,15,17). The Balaban J connectivity index is 2.31. The Morgan fingerprint density at radius 2 is 2.24 bits per heavy atom. The monoisotopic (exact) mass is 256 g/mol. The third-order valence-corrected chi connectivity index (χ3v) is 2.49. The summed E-state index contributed by atoms with van der Waals surface area (Å²) in [5.41, 5.74) is 0.730. The van der Waals surface area contributed by atoms with Gasteiger partial charge in [0.2, 0.25) is 5.91 Å². The summed E-state index contributed by atoms with van der Waals surface area (Å²) in [6, 6.07) is 4.90. The fraction of sp³-hybridized carbons (Fsp3) is 0.417. The number of rotatable bonds is 6. The highest BCUT2D eigenvalue weighted by molar-refractivity contribution is 6.30. The number of phenolic OH excluding ortho intramolecular Hbond substituents is 1. The lowest BCUT2D eigenvalue weighted by Crippen LogP contribution is -2.27. The van der Waals surface area contributed by atoms with Gasteiger partial charge in [-0.05, 0) is 25.1 Å². The van der Waals surface area contributed by atoms with Gasteiger partial charge in [0.15, 0.2) is 0 Å². The summed E-state index contributed by atoms with van der Waals surface area (Å²) in [6.45, 7) is 3.59. The van der Waals surface area contributed by atoms with Gasteiger partial charge in [-0.2, -0.15) is 0 Å². The molecular weight excluding hydrogens is 240 g/mol. The largest absolute Gasteiger partial charge is 0.508 e. The Kier molecular flexibility index (Phi) is 5.80. The third-order valence-electron chi connectivity index (χ3n) is 2.26. The molecule has 0 bridgehead atoms. The number of carbonyl (C=O) groups is 1. The van der Waals surface area contributed by atoms with Gasteiger partial charge in [0.1, 0.15) is 5.75 Å². The molecule has 94 valence electrons. The number of hydrogen-bond acceptors (Lipinski definition) is 3. The summed E-state index contributed by atoms with van der Waals surface area (Å²) in [4.78, 5) is 11.2. The fourth-order valence-corrected chi connectivity index (χ4v) is 1.60. The highest BCUT2D eigenvalue weighted by Crippen LogP contribution is 2.20. The van der Waals surface area contributed by atoms with Crippen LogP contribution in [0.2, 0.25) is 5.02 Å². The molecule has 1 aromatic carbocycles. The maximum Gasteiger partial charge on any atom is 0.221 e. The average molecular weight is 257 g/mol. The second-order valence-corrected chi connectivity index (χ2v) is 4.09. The summed E-state index contributed by atoms with van der Waals surface area (Å²) in [5.74, 6) is 0.232. The van der Waals surface area contributed by atoms with E-state index >= 15 is 0 Å². The van der Waals surface area contributed by atoms with Gasteiger partial charge in [-0.3, -0.25) is 4.79 Å². The van der Waals surface area contributed by atoms with Crippen molar-refractivity contribution >= 4 is 17.5 Å². The maximum absolute atomic E-state index is 11.2. The molecule has 0 radical (unpaired) electrons. The number of nitrogens with one attached hydrogen (secondary N) is 2. The van der Waals surface area contributed by atoms with Gasteiger partial charge < -0.3 is 15.7 Å². The van der Waals surface area contributed by atoms with E-state index in [1.54, 1.807) is 18.2 Å². The summed E-state index contributed by atoms with van der Waals surface area (Å²) in [7, 11) is 0. The van der Waals surface area contributed by atoms with E-state index in [1.165, 1.54) is 0 Å². The van der Waals surface area contributed by atoms with Crippen LogP contribution in [0.4, 0.5) is 0 Å². The van der Waals surface area contributed by atoms with Crippen molar-refractivity contribution in [2.75, 3.05) is 13.1 Å². The van der Waals surface area contributed by atoms with Crippen LogP contribution in [0, 0.1) is 0 Å². The molecule has 0 saturated carbocycles. The van der Waals surface area contributed by atoms with Crippen LogP contribution in [0.5, 0.6) is 5.75 Å². The van der Waals surface area contributed by atoms with Gasteiger partial charge in [-0.15, -0.1) is 0 Å². The average Bonchev–Trinajstić information content (AvgIpc) is 2.29. The van der Waals surface area contributed by atoms with Crippen LogP contribution in [-0.2, 0) is 11.3 Å². The van der Waals surface area contributed by atoms with E-state index in [-0.39, 0.29) is 11.7 Å². The second kappa shape index (κ2) is 7.14. The van der Waals surface area contributed by atoms with Crippen molar-refractivity contribution in [3.8, 4) is 5.75 Å². The van der Waals surface area contributed by atoms with Crippen LogP contribution in [0.3, 0.4) is 0 Å². The topological polar surface area (TPSA) is 61.4 Å². The van der Waals surface area contributed by atoms with Crippen molar-refractivity contribution in [2.45, 2.75) is 19.9 Å². The SMILES string of the molecule is CCNC(=O)CCNCc1cc(Cl)ccc1O. The molecule has 0 aliphatic carbocycles. The lowest BCUT2D eigenvalue weighted by Gasteiger charge is -2.07. The van der Waals surface area contributed by atoms with Crippen molar-refractivity contribution in [3.05, 3.63) is 28.8 Å². The molecule has 4 nitrogen and oxygen atoms in total. The lowest BCUT2D eigenvalue weighted by molar-refractivity contribution is -0.120. The molecule has 1 rings (SSSR count). The highest BCUT2D eigenvalue weighted by Gasteiger charge is 2.02. The predicted octanol–water partition coefficient (Wildman–Crippen LogP) is 1.66. The Hall–Kier alpha value is -1.26. The number of benzene rings is 1. The zero-order chi connectivity index (χ0) is 12.7. The number of aromatic hydroxyl groups is 1. The number of halogens is 1. The molecule has 0 unspecified atom stereocenters. The molecule has 1 amide bonds. The van der Waals surface area contributed by atoms with Crippen LogP contribution < -0.4 is 10.6 Å². The van der Waals surface area contributed by atoms with Gasteiger partial charge >= 0.3 is 0 Å². The van der Waals surface area contributed by atoms with E-state index in [0.29, 0.717) is 31.1 Å². The van der Waals surface area contributed by atoms with E-state index < -0.39 is 0 Å². The zero-order valence-corrected chi connectivity index (χ0v) is 10.5. The smallest absolute Gasteiger partial charge is 0.221 e. The Morgan fingerprint density at radius 1 is 1.47 bits per heavy atom. The summed E-state index contributed by atoms with van der Waals surface area (Å²) in [5, 5.41) is 15.9. The van der Waals surface area contributed by atoms with Crippen molar-refractivity contribution in [3.63, 3.8) is 0 Å². The molecule has 0 aliphatic heterocycles. The van der Waals surface area contributed by atoms with Crippen LogP contribution in [-0.4, -0.2) is 24.1 Å². The van der Waals surface area contributed by atoms with Crippen LogP contribution in [0.25, 0.3) is 0 Å². The molecule has 0 saturated heterocycles. The number of amides is 1. The fourth-order valence-electron chi connectivity index (χ4n) is 1.41. The number of hydrogen-bond donors (Lipinski definition) is 3. The molecule has 5 heteroatoms. The molecular formula is C12H17ClN2O2. The molecule has 3 N–H and O–H groups in total. The first-order chi connectivity index (χ1) is 8.13. The number of phenols is 1. The molecule has 1 aromatic rings. The summed E-state index contributed by atoms with van der Waals surface area (Å²) in [6.07, 6.45) is 0.426. The molecule has 0 aromatic heterocycles. The van der Waals surface area contributed by atoms with Crippen molar-refractivity contribution < 1.29 is 9.90 Å². The van der Waals surface area contributed by atoms with E-state index in [9.17, 15) is 9.90 Å². The minimum atomic E-state index is 0.0234. The normalized spacial score (nSPS) is 10.2. The van der Waals surface area contributed by atoms with Gasteiger partial charge in [-0.1, -0.05) is 11.6 Å². The quantitative estimate of drug-likeness (QED) is 0.679. The minimum Gasteiger partial charge on any atom is -0.508 e. The third kappa shape index (κ3) is 5.06. The van der Waals surface area contributed by atoms with E-state index in [0.717, 1.165) is 5.56 Å². The molecule has 0 fully saturated rings. The van der Waals surface area contributed by atoms with Crippen LogP contribution in [0.15, 0.2) is 18.2 Å². The van der Waals surface area contributed by atoms with Crippen molar-refractivity contribution in [1.29, 1.82) is 0 Å². The van der Waals surface area contributed by atoms with Crippen LogP contribution in [0.1, 0.15) is 18.9 Å². The zero-order valence-electron chi connectivity index (χ0n) is 9.79. The summed E-state index contributed by atoms with van der Waals surface area (Å²) < 4.78 is 0. The predicted molar refractivity (Wildman–Crippen MR) is 68.1 cm³/mol. The Morgan fingerprint density at radius 3 is 2.94 bits per heavy atom. The molecule has 17 heavy (non-hydrogen) atoms. The van der Waals surface area contributed by atoms with Crippen LogP contribution >= 0.6 is 11.6 Å². The minimum absolute atomic E-state index is 0.0234. The Labute approximate surface area is 106 Å². The summed E-state index contributed by atoms with van der Waals surface area (Å²) >= 11 is 5.82. The van der Waals surface area contributed by atoms with E-state index in [1.807, 2.05) is 6.92 Å². The van der Waals surface area contributed by atoms with Crippen molar-refractivity contribution in [1.82, 2.24) is 10.6 Å². The highest BCUT2D eigenvalue weighted by atomic mass is 35.5. The lowest BCUT2D eigenvalue weighted by atomic mass is 10.2. The Bertz CT molecular complexity index is 383. The maximum atomic E-state index is 11.2. The first kappa shape index (κ1) is 13.8. The van der Waals surface area contributed by atoms with Gasteiger partial charge in [0, 0.05) is 36.6 Å². The van der Waals surface area contributed by atoms with E-state index in [4.69, 9.17) is 11.6 Å². The van der Waals surface area contributed by atoms with Crippen molar-refractivity contribution in [2.24, 2.45) is 0 Å².